The molecular formula is C20H29N5O. The molecule has 2 aromatic rings. The molecular weight excluding hydrogens is 326 g/mol. The van der Waals surface area contributed by atoms with Crippen LogP contribution in [0.1, 0.15) is 49.4 Å². The summed E-state index contributed by atoms with van der Waals surface area (Å²) in [6.07, 6.45) is 8.72. The third kappa shape index (κ3) is 4.30. The maximum Gasteiger partial charge on any atom is 0.242 e. The summed E-state index contributed by atoms with van der Waals surface area (Å²) in [7, 11) is 1.94. The van der Waals surface area contributed by atoms with Crippen molar-refractivity contribution in [2.45, 2.75) is 52.0 Å². The summed E-state index contributed by atoms with van der Waals surface area (Å²) >= 11 is 0. The van der Waals surface area contributed by atoms with Gasteiger partial charge in [-0.1, -0.05) is 19.8 Å². The molecule has 26 heavy (non-hydrogen) atoms. The SMILES string of the molecule is Cc1cnn(C)c1Cc1ccnc(NC(=O)[C@@H](N)C2CCC(C)CC2)c1. The predicted octanol–water partition coefficient (Wildman–Crippen LogP) is 2.81. The lowest BCUT2D eigenvalue weighted by atomic mass is 9.79. The lowest BCUT2D eigenvalue weighted by molar-refractivity contribution is -0.118. The molecule has 1 aliphatic rings. The Kier molecular flexibility index (Phi) is 5.71. The summed E-state index contributed by atoms with van der Waals surface area (Å²) in [6.45, 7) is 4.32. The first kappa shape index (κ1) is 18.6. The van der Waals surface area contributed by atoms with Crippen molar-refractivity contribution in [1.82, 2.24) is 14.8 Å². The molecule has 3 N–H and O–H groups in total. The molecule has 6 nitrogen and oxygen atoms in total. The second kappa shape index (κ2) is 7.99. The molecule has 1 fully saturated rings. The maximum absolute atomic E-state index is 12.5. The first-order valence-electron chi connectivity index (χ1n) is 9.43. The Hall–Kier alpha value is -2.21. The average molecular weight is 355 g/mol. The maximum atomic E-state index is 12.5. The number of amides is 1. The summed E-state index contributed by atoms with van der Waals surface area (Å²) in [4.78, 5) is 16.8. The summed E-state index contributed by atoms with van der Waals surface area (Å²) in [6, 6.07) is 3.41. The average Bonchev–Trinajstić information content (AvgIpc) is 2.94. The van der Waals surface area contributed by atoms with Crippen molar-refractivity contribution in [3.63, 3.8) is 0 Å². The van der Waals surface area contributed by atoms with E-state index in [0.717, 1.165) is 54.8 Å². The van der Waals surface area contributed by atoms with E-state index in [1.165, 1.54) is 0 Å². The number of aromatic nitrogens is 3. The number of pyridine rings is 1. The van der Waals surface area contributed by atoms with E-state index in [-0.39, 0.29) is 11.8 Å². The minimum atomic E-state index is -0.465. The number of nitrogens with zero attached hydrogens (tertiary/aromatic N) is 3. The van der Waals surface area contributed by atoms with Gasteiger partial charge in [-0.25, -0.2) is 4.98 Å². The van der Waals surface area contributed by atoms with E-state index in [9.17, 15) is 4.79 Å². The molecule has 0 saturated heterocycles. The van der Waals surface area contributed by atoms with Crippen molar-refractivity contribution in [3.05, 3.63) is 41.3 Å². The summed E-state index contributed by atoms with van der Waals surface area (Å²) in [5, 5.41) is 7.18. The number of nitrogens with two attached hydrogens (primary N) is 1. The van der Waals surface area contributed by atoms with Gasteiger partial charge in [0.25, 0.3) is 0 Å². The van der Waals surface area contributed by atoms with Gasteiger partial charge in [0.2, 0.25) is 5.91 Å². The second-order valence-electron chi connectivity index (χ2n) is 7.66. The van der Waals surface area contributed by atoms with Crippen LogP contribution in [0.5, 0.6) is 0 Å². The van der Waals surface area contributed by atoms with E-state index in [1.807, 2.05) is 30.1 Å². The van der Waals surface area contributed by atoms with Crippen LogP contribution in [-0.4, -0.2) is 26.7 Å². The second-order valence-corrected chi connectivity index (χ2v) is 7.66. The van der Waals surface area contributed by atoms with Gasteiger partial charge in [0.05, 0.1) is 12.2 Å². The van der Waals surface area contributed by atoms with Crippen LogP contribution in [-0.2, 0) is 18.3 Å². The van der Waals surface area contributed by atoms with Gasteiger partial charge in [-0.15, -0.1) is 0 Å². The standard InChI is InChI=1S/C20H29N5O/c1-13-4-6-16(7-5-13)19(21)20(26)24-18-11-15(8-9-22-18)10-17-14(2)12-23-25(17)3/h8-9,11-13,16,19H,4-7,10,21H2,1-3H3,(H,22,24,26)/t13?,16?,19-/m0/s1. The zero-order chi connectivity index (χ0) is 18.7. The van der Waals surface area contributed by atoms with Crippen molar-refractivity contribution in [2.75, 3.05) is 5.32 Å². The minimum Gasteiger partial charge on any atom is -0.320 e. The molecule has 0 aliphatic heterocycles. The summed E-state index contributed by atoms with van der Waals surface area (Å²) in [5.41, 5.74) is 9.62. The van der Waals surface area contributed by atoms with Crippen LogP contribution in [0.3, 0.4) is 0 Å². The molecule has 1 atom stereocenters. The Morgan fingerprint density at radius 1 is 1.38 bits per heavy atom. The number of hydrogen-bond donors (Lipinski definition) is 2. The Balaban J connectivity index is 1.64. The molecule has 140 valence electrons. The number of carbonyl (C=O) groups excluding carboxylic acids is 1. The van der Waals surface area contributed by atoms with Gasteiger partial charge in [-0.3, -0.25) is 9.48 Å². The number of aryl methyl sites for hydroxylation is 2. The van der Waals surface area contributed by atoms with Crippen LogP contribution in [0.2, 0.25) is 0 Å². The molecule has 6 heteroatoms. The number of rotatable bonds is 5. The van der Waals surface area contributed by atoms with Crippen LogP contribution in [0, 0.1) is 18.8 Å². The highest BCUT2D eigenvalue weighted by molar-refractivity contribution is 5.94. The number of carbonyl (C=O) groups is 1. The predicted molar refractivity (Wildman–Crippen MR) is 103 cm³/mol. The van der Waals surface area contributed by atoms with Crippen LogP contribution < -0.4 is 11.1 Å². The van der Waals surface area contributed by atoms with Gasteiger partial charge >= 0.3 is 0 Å². The lowest BCUT2D eigenvalue weighted by Gasteiger charge is -2.29. The monoisotopic (exact) mass is 355 g/mol. The zero-order valence-electron chi connectivity index (χ0n) is 15.9. The molecule has 0 bridgehead atoms. The van der Waals surface area contributed by atoms with Crippen molar-refractivity contribution < 1.29 is 4.79 Å². The Morgan fingerprint density at radius 2 is 2.12 bits per heavy atom. The van der Waals surface area contributed by atoms with Gasteiger partial charge in [0, 0.05) is 25.4 Å². The fraction of sp³-hybridized carbons (Fsp3) is 0.550. The van der Waals surface area contributed by atoms with Gasteiger partial charge in [-0.05, 0) is 54.9 Å². The zero-order valence-corrected chi connectivity index (χ0v) is 15.9. The van der Waals surface area contributed by atoms with Gasteiger partial charge < -0.3 is 11.1 Å². The fourth-order valence-electron chi connectivity index (χ4n) is 3.74. The van der Waals surface area contributed by atoms with Gasteiger partial charge in [0.15, 0.2) is 0 Å². The minimum absolute atomic E-state index is 0.133. The molecule has 2 aromatic heterocycles. The molecule has 2 heterocycles. The largest absolute Gasteiger partial charge is 0.320 e. The van der Waals surface area contributed by atoms with Crippen LogP contribution >= 0.6 is 0 Å². The quantitative estimate of drug-likeness (QED) is 0.863. The highest BCUT2D eigenvalue weighted by atomic mass is 16.2. The van der Waals surface area contributed by atoms with E-state index in [4.69, 9.17) is 5.73 Å². The van der Waals surface area contributed by atoms with Crippen LogP contribution in [0.25, 0.3) is 0 Å². The number of nitrogens with one attached hydrogen (secondary N) is 1. The van der Waals surface area contributed by atoms with Crippen molar-refractivity contribution in [3.8, 4) is 0 Å². The first-order chi connectivity index (χ1) is 12.4. The van der Waals surface area contributed by atoms with E-state index in [2.05, 4.69) is 29.2 Å². The molecule has 1 saturated carbocycles. The van der Waals surface area contributed by atoms with Gasteiger partial charge in [0.1, 0.15) is 5.82 Å². The molecule has 1 aliphatic carbocycles. The summed E-state index contributed by atoms with van der Waals surface area (Å²) < 4.78 is 1.88. The molecule has 0 unspecified atom stereocenters. The number of hydrogen-bond acceptors (Lipinski definition) is 4. The lowest BCUT2D eigenvalue weighted by Crippen LogP contribution is -2.43. The van der Waals surface area contributed by atoms with Gasteiger partial charge in [-0.2, -0.15) is 5.10 Å². The van der Waals surface area contributed by atoms with Crippen LogP contribution in [0.15, 0.2) is 24.5 Å². The van der Waals surface area contributed by atoms with E-state index >= 15 is 0 Å². The molecule has 0 radical (unpaired) electrons. The third-order valence-corrected chi connectivity index (χ3v) is 5.59. The Labute approximate surface area is 155 Å². The fourth-order valence-corrected chi connectivity index (χ4v) is 3.74. The summed E-state index contributed by atoms with van der Waals surface area (Å²) in [5.74, 6) is 1.44. The topological polar surface area (TPSA) is 85.8 Å². The number of anilines is 1. The van der Waals surface area contributed by atoms with Crippen molar-refractivity contribution in [2.24, 2.45) is 24.6 Å². The third-order valence-electron chi connectivity index (χ3n) is 5.59. The molecule has 3 rings (SSSR count). The van der Waals surface area contributed by atoms with Crippen molar-refractivity contribution in [1.29, 1.82) is 0 Å². The van der Waals surface area contributed by atoms with E-state index in [0.29, 0.717) is 5.82 Å². The van der Waals surface area contributed by atoms with Crippen LogP contribution in [0.4, 0.5) is 5.82 Å². The molecule has 0 aromatic carbocycles. The first-order valence-corrected chi connectivity index (χ1v) is 9.43. The van der Waals surface area contributed by atoms with Crippen molar-refractivity contribution >= 4 is 11.7 Å². The Bertz CT molecular complexity index is 742. The van der Waals surface area contributed by atoms with E-state index < -0.39 is 6.04 Å². The normalized spacial score (nSPS) is 21.4. The highest BCUT2D eigenvalue weighted by Crippen LogP contribution is 2.30. The Morgan fingerprint density at radius 3 is 2.77 bits per heavy atom. The highest BCUT2D eigenvalue weighted by Gasteiger charge is 2.28. The molecule has 0 spiro atoms. The molecule has 1 amide bonds. The van der Waals surface area contributed by atoms with E-state index in [1.54, 1.807) is 6.20 Å². The smallest absolute Gasteiger partial charge is 0.242 e.